The molecule has 1 aliphatic rings. The lowest BCUT2D eigenvalue weighted by molar-refractivity contribution is 0.261. The highest BCUT2D eigenvalue weighted by molar-refractivity contribution is 5.80. The Balaban J connectivity index is 1.54. The van der Waals surface area contributed by atoms with Gasteiger partial charge in [0.2, 0.25) is 0 Å². The van der Waals surface area contributed by atoms with Crippen LogP contribution in [0.4, 0.5) is 0 Å². The Kier molecular flexibility index (Phi) is 6.35. The Labute approximate surface area is 182 Å². The number of hydrogen-bond donors (Lipinski definition) is 2. The molecule has 1 aliphatic heterocycles. The molecule has 8 heteroatoms. The fourth-order valence-corrected chi connectivity index (χ4v) is 3.52. The first-order chi connectivity index (χ1) is 15.1. The number of rotatable bonds is 6. The third-order valence-corrected chi connectivity index (χ3v) is 5.42. The molecule has 2 aromatic carbocycles. The van der Waals surface area contributed by atoms with Crippen molar-refractivity contribution in [1.82, 2.24) is 25.4 Å². The smallest absolute Gasteiger partial charge is 0.192 e. The van der Waals surface area contributed by atoms with Crippen molar-refractivity contribution in [3.05, 3.63) is 71.3 Å². The van der Waals surface area contributed by atoms with E-state index in [-0.39, 0.29) is 6.04 Å². The summed E-state index contributed by atoms with van der Waals surface area (Å²) >= 11 is 0. The lowest BCUT2D eigenvalue weighted by atomic mass is 10.0. The highest BCUT2D eigenvalue weighted by Gasteiger charge is 2.22. The molecular weight excluding hydrogens is 392 g/mol. The summed E-state index contributed by atoms with van der Waals surface area (Å²) in [6.07, 6.45) is 0.861. The van der Waals surface area contributed by atoms with Crippen LogP contribution in [-0.4, -0.2) is 34.4 Å². The van der Waals surface area contributed by atoms with Gasteiger partial charge in [-0.15, -0.1) is 10.2 Å². The van der Waals surface area contributed by atoms with Crippen LogP contribution in [0.3, 0.4) is 0 Å². The Morgan fingerprint density at radius 3 is 2.90 bits per heavy atom. The molecule has 3 aromatic rings. The van der Waals surface area contributed by atoms with Crippen LogP contribution in [0.15, 0.2) is 53.5 Å². The second kappa shape index (κ2) is 9.51. The number of methoxy groups -OCH3 is 1. The third kappa shape index (κ3) is 4.96. The summed E-state index contributed by atoms with van der Waals surface area (Å²) in [7, 11) is 3.63. The summed E-state index contributed by atoms with van der Waals surface area (Å²) < 4.78 is 13.1. The number of para-hydroxylation sites is 1. The van der Waals surface area contributed by atoms with Crippen LogP contribution >= 0.6 is 0 Å². The Morgan fingerprint density at radius 2 is 2.10 bits per heavy atom. The third-order valence-electron chi connectivity index (χ3n) is 5.42. The van der Waals surface area contributed by atoms with E-state index in [1.165, 1.54) is 0 Å². The van der Waals surface area contributed by atoms with Crippen molar-refractivity contribution in [3.8, 4) is 11.5 Å². The summed E-state index contributed by atoms with van der Waals surface area (Å²) in [6.45, 7) is 3.65. The summed E-state index contributed by atoms with van der Waals surface area (Å²) in [5.41, 5.74) is 2.21. The topological polar surface area (TPSA) is 85.6 Å². The molecule has 1 unspecified atom stereocenters. The molecule has 0 amide bonds. The van der Waals surface area contributed by atoms with Gasteiger partial charge in [0.05, 0.1) is 32.8 Å². The molecule has 1 atom stereocenters. The number of benzene rings is 2. The van der Waals surface area contributed by atoms with E-state index in [1.807, 2.05) is 61.0 Å². The largest absolute Gasteiger partial charge is 0.497 e. The predicted octanol–water partition coefficient (Wildman–Crippen LogP) is 2.89. The number of aliphatic imine (C=N–C) groups is 1. The van der Waals surface area contributed by atoms with Gasteiger partial charge in [-0.25, -0.2) is 4.99 Å². The Morgan fingerprint density at radius 1 is 1.23 bits per heavy atom. The van der Waals surface area contributed by atoms with E-state index in [2.05, 4.69) is 26.9 Å². The number of aromatic nitrogens is 3. The molecule has 0 bridgehead atoms. The highest BCUT2D eigenvalue weighted by atomic mass is 16.5. The Hall–Kier alpha value is -3.55. The summed E-state index contributed by atoms with van der Waals surface area (Å²) in [5, 5.41) is 15.4. The van der Waals surface area contributed by atoms with Crippen LogP contribution < -0.4 is 20.1 Å². The lowest BCUT2D eigenvalue weighted by Gasteiger charge is -2.28. The van der Waals surface area contributed by atoms with Gasteiger partial charge in [-0.05, 0) is 30.7 Å². The standard InChI is InChI=1S/C23H28N6O2/c1-16-27-28-22(29(16)2)15-25-23(24-14-17-7-6-8-18(13-17)30-3)26-20-11-12-31-21-10-5-4-9-19(20)21/h4-10,13,20H,11-12,14-15H2,1-3H3,(H2,24,25,26). The second-order valence-corrected chi connectivity index (χ2v) is 7.46. The van der Waals surface area contributed by atoms with Crippen molar-refractivity contribution < 1.29 is 9.47 Å². The van der Waals surface area contributed by atoms with Gasteiger partial charge in [-0.3, -0.25) is 0 Å². The first-order valence-corrected chi connectivity index (χ1v) is 10.4. The molecule has 2 heterocycles. The minimum Gasteiger partial charge on any atom is -0.497 e. The Bertz CT molecular complexity index is 1060. The lowest BCUT2D eigenvalue weighted by Crippen LogP contribution is -2.41. The molecule has 31 heavy (non-hydrogen) atoms. The molecule has 0 spiro atoms. The van der Waals surface area contributed by atoms with Crippen molar-refractivity contribution in [2.75, 3.05) is 13.7 Å². The van der Waals surface area contributed by atoms with E-state index in [1.54, 1.807) is 7.11 Å². The zero-order valence-corrected chi connectivity index (χ0v) is 18.1. The van der Waals surface area contributed by atoms with Gasteiger partial charge in [0.1, 0.15) is 17.3 Å². The molecule has 0 saturated carbocycles. The van der Waals surface area contributed by atoms with Crippen LogP contribution in [0.5, 0.6) is 11.5 Å². The fourth-order valence-electron chi connectivity index (χ4n) is 3.52. The summed E-state index contributed by atoms with van der Waals surface area (Å²) in [5.74, 6) is 4.18. The van der Waals surface area contributed by atoms with E-state index in [9.17, 15) is 0 Å². The average molecular weight is 421 g/mol. The minimum atomic E-state index is 0.114. The number of aryl methyl sites for hydroxylation is 1. The summed E-state index contributed by atoms with van der Waals surface area (Å²) in [6, 6.07) is 16.2. The predicted molar refractivity (Wildman–Crippen MR) is 119 cm³/mol. The van der Waals surface area contributed by atoms with Gasteiger partial charge >= 0.3 is 0 Å². The number of nitrogens with zero attached hydrogens (tertiary/aromatic N) is 4. The van der Waals surface area contributed by atoms with Gasteiger partial charge in [0.25, 0.3) is 0 Å². The van der Waals surface area contributed by atoms with E-state index in [4.69, 9.17) is 14.5 Å². The molecule has 0 radical (unpaired) electrons. The molecule has 4 rings (SSSR count). The van der Waals surface area contributed by atoms with Gasteiger partial charge in [0.15, 0.2) is 11.8 Å². The molecule has 8 nitrogen and oxygen atoms in total. The van der Waals surface area contributed by atoms with Crippen molar-refractivity contribution in [2.24, 2.45) is 12.0 Å². The van der Waals surface area contributed by atoms with Gasteiger partial charge in [-0.1, -0.05) is 30.3 Å². The van der Waals surface area contributed by atoms with E-state index in [0.29, 0.717) is 25.7 Å². The fraction of sp³-hybridized carbons (Fsp3) is 0.348. The first-order valence-electron chi connectivity index (χ1n) is 10.4. The maximum Gasteiger partial charge on any atom is 0.192 e. The molecule has 2 N–H and O–H groups in total. The van der Waals surface area contributed by atoms with Crippen LogP contribution in [0, 0.1) is 6.92 Å². The number of hydrogen-bond acceptors (Lipinski definition) is 5. The van der Waals surface area contributed by atoms with E-state index >= 15 is 0 Å². The minimum absolute atomic E-state index is 0.114. The summed E-state index contributed by atoms with van der Waals surface area (Å²) in [4.78, 5) is 4.83. The molecule has 0 fully saturated rings. The van der Waals surface area contributed by atoms with Gasteiger partial charge in [0, 0.05) is 19.0 Å². The SMILES string of the molecule is COc1cccc(CN=C(NCc2nnc(C)n2C)NC2CCOc3ccccc32)c1. The normalized spacial score (nSPS) is 15.7. The number of fused-ring (bicyclic) bond motifs is 1. The zero-order chi connectivity index (χ0) is 21.6. The van der Waals surface area contributed by atoms with Crippen molar-refractivity contribution in [3.63, 3.8) is 0 Å². The van der Waals surface area contributed by atoms with Crippen LogP contribution in [0.2, 0.25) is 0 Å². The molecule has 0 aliphatic carbocycles. The maximum atomic E-state index is 5.80. The van der Waals surface area contributed by atoms with Gasteiger partial charge < -0.3 is 24.7 Å². The van der Waals surface area contributed by atoms with Gasteiger partial charge in [-0.2, -0.15) is 0 Å². The molecular formula is C23H28N6O2. The van der Waals surface area contributed by atoms with Crippen molar-refractivity contribution in [1.29, 1.82) is 0 Å². The van der Waals surface area contributed by atoms with E-state index in [0.717, 1.165) is 40.7 Å². The number of nitrogens with one attached hydrogen (secondary N) is 2. The average Bonchev–Trinajstić information content (AvgIpc) is 3.13. The molecule has 1 aromatic heterocycles. The van der Waals surface area contributed by atoms with Crippen LogP contribution in [0.25, 0.3) is 0 Å². The molecule has 0 saturated heterocycles. The number of guanidine groups is 1. The zero-order valence-electron chi connectivity index (χ0n) is 18.1. The highest BCUT2D eigenvalue weighted by Crippen LogP contribution is 2.31. The van der Waals surface area contributed by atoms with E-state index < -0.39 is 0 Å². The second-order valence-electron chi connectivity index (χ2n) is 7.46. The monoisotopic (exact) mass is 420 g/mol. The maximum absolute atomic E-state index is 5.80. The van der Waals surface area contributed by atoms with Crippen LogP contribution in [0.1, 0.15) is 35.2 Å². The van der Waals surface area contributed by atoms with Crippen LogP contribution in [-0.2, 0) is 20.1 Å². The van der Waals surface area contributed by atoms with Crippen molar-refractivity contribution in [2.45, 2.75) is 32.5 Å². The van der Waals surface area contributed by atoms with Crippen molar-refractivity contribution >= 4 is 5.96 Å². The number of ether oxygens (including phenoxy) is 2. The first kappa shape index (κ1) is 20.7. The quantitative estimate of drug-likeness (QED) is 0.471. The molecule has 162 valence electrons.